The summed E-state index contributed by atoms with van der Waals surface area (Å²) in [6, 6.07) is 9.21. The monoisotopic (exact) mass is 420 g/mol. The van der Waals surface area contributed by atoms with Crippen LogP contribution in [0.5, 0.6) is 5.75 Å². The minimum atomic E-state index is -4.57. The molecule has 9 heteroatoms. The largest absolute Gasteiger partial charge is 0.497 e. The van der Waals surface area contributed by atoms with E-state index in [1.807, 2.05) is 0 Å². The number of hydrogen-bond donors (Lipinski definition) is 2. The molecule has 2 amide bonds. The van der Waals surface area contributed by atoms with Crippen molar-refractivity contribution < 1.29 is 32.2 Å². The standard InChI is InChI=1S/C21H19F3N2O4/c1-3-30-19(27)16-17(12-7-9-15(29-2)10-8-12)25-20(28)26-18(16)13-5-4-6-14(11-13)21(22,23)24/h4-11,18H,3H2,1-2H3,(H2,25,26,28). The van der Waals surface area contributed by atoms with Crippen molar-refractivity contribution in [1.82, 2.24) is 10.6 Å². The molecular formula is C21H19F3N2O4. The Morgan fingerprint density at radius 2 is 1.83 bits per heavy atom. The zero-order valence-electron chi connectivity index (χ0n) is 16.2. The topological polar surface area (TPSA) is 76.7 Å². The fourth-order valence-electron chi connectivity index (χ4n) is 3.12. The lowest BCUT2D eigenvalue weighted by molar-refractivity contribution is -0.139. The summed E-state index contributed by atoms with van der Waals surface area (Å²) in [7, 11) is 1.49. The maximum Gasteiger partial charge on any atom is 0.416 e. The fraction of sp³-hybridized carbons (Fsp3) is 0.238. The van der Waals surface area contributed by atoms with Gasteiger partial charge in [-0.05, 0) is 54.4 Å². The smallest absolute Gasteiger partial charge is 0.416 e. The van der Waals surface area contributed by atoms with Crippen LogP contribution >= 0.6 is 0 Å². The summed E-state index contributed by atoms with van der Waals surface area (Å²) in [5, 5.41) is 5.09. The number of methoxy groups -OCH3 is 1. The van der Waals surface area contributed by atoms with Gasteiger partial charge in [-0.1, -0.05) is 12.1 Å². The predicted molar refractivity (Wildman–Crippen MR) is 102 cm³/mol. The van der Waals surface area contributed by atoms with Crippen molar-refractivity contribution >= 4 is 17.7 Å². The maximum atomic E-state index is 13.2. The molecule has 0 saturated carbocycles. The minimum absolute atomic E-state index is 0.000872. The van der Waals surface area contributed by atoms with Crippen LogP contribution in [0.1, 0.15) is 29.7 Å². The third-order valence-corrected chi connectivity index (χ3v) is 4.49. The number of esters is 1. The number of urea groups is 1. The molecule has 0 aliphatic carbocycles. The van der Waals surface area contributed by atoms with Gasteiger partial charge in [0.1, 0.15) is 5.75 Å². The Hall–Kier alpha value is -3.49. The van der Waals surface area contributed by atoms with Crippen LogP contribution < -0.4 is 15.4 Å². The molecule has 1 unspecified atom stereocenters. The number of hydrogen-bond acceptors (Lipinski definition) is 4. The fourth-order valence-corrected chi connectivity index (χ4v) is 3.12. The molecule has 0 radical (unpaired) electrons. The molecule has 1 aliphatic heterocycles. The number of carbonyl (C=O) groups is 2. The van der Waals surface area contributed by atoms with Gasteiger partial charge in [-0.25, -0.2) is 9.59 Å². The number of benzene rings is 2. The molecule has 158 valence electrons. The van der Waals surface area contributed by atoms with E-state index in [2.05, 4.69) is 10.6 Å². The maximum absolute atomic E-state index is 13.2. The van der Waals surface area contributed by atoms with Crippen molar-refractivity contribution in [2.45, 2.75) is 19.1 Å². The molecule has 2 N–H and O–H groups in total. The average Bonchev–Trinajstić information content (AvgIpc) is 2.73. The first-order valence-corrected chi connectivity index (χ1v) is 9.05. The van der Waals surface area contributed by atoms with E-state index in [0.29, 0.717) is 11.3 Å². The third kappa shape index (κ3) is 4.40. The molecule has 1 aliphatic rings. The van der Waals surface area contributed by atoms with E-state index in [4.69, 9.17) is 9.47 Å². The van der Waals surface area contributed by atoms with Crippen molar-refractivity contribution in [3.8, 4) is 5.75 Å². The molecule has 0 saturated heterocycles. The second-order valence-corrected chi connectivity index (χ2v) is 6.39. The lowest BCUT2D eigenvalue weighted by Gasteiger charge is -2.30. The number of halogens is 3. The summed E-state index contributed by atoms with van der Waals surface area (Å²) >= 11 is 0. The van der Waals surface area contributed by atoms with Crippen LogP contribution in [-0.2, 0) is 15.7 Å². The van der Waals surface area contributed by atoms with E-state index in [1.54, 1.807) is 31.2 Å². The highest BCUT2D eigenvalue weighted by atomic mass is 19.4. The van der Waals surface area contributed by atoms with E-state index in [-0.39, 0.29) is 23.4 Å². The molecule has 0 aromatic heterocycles. The molecule has 0 bridgehead atoms. The first-order valence-electron chi connectivity index (χ1n) is 9.05. The van der Waals surface area contributed by atoms with Gasteiger partial charge in [-0.3, -0.25) is 0 Å². The zero-order chi connectivity index (χ0) is 21.9. The van der Waals surface area contributed by atoms with Crippen molar-refractivity contribution in [3.63, 3.8) is 0 Å². The quantitative estimate of drug-likeness (QED) is 0.716. The molecule has 0 spiro atoms. The number of carbonyl (C=O) groups excluding carboxylic acids is 2. The SMILES string of the molecule is CCOC(=O)C1=C(c2ccc(OC)cc2)NC(=O)NC1c1cccc(C(F)(F)F)c1. The van der Waals surface area contributed by atoms with Gasteiger partial charge in [0, 0.05) is 0 Å². The van der Waals surface area contributed by atoms with Crippen LogP contribution in [0.3, 0.4) is 0 Å². The van der Waals surface area contributed by atoms with Gasteiger partial charge < -0.3 is 20.1 Å². The summed E-state index contributed by atoms with van der Waals surface area (Å²) in [6.45, 7) is 1.67. The van der Waals surface area contributed by atoms with Crippen molar-refractivity contribution in [2.75, 3.05) is 13.7 Å². The van der Waals surface area contributed by atoms with Crippen LogP contribution in [0.4, 0.5) is 18.0 Å². The van der Waals surface area contributed by atoms with Crippen molar-refractivity contribution in [1.29, 1.82) is 0 Å². The molecule has 2 aromatic carbocycles. The van der Waals surface area contributed by atoms with Crippen LogP contribution in [-0.4, -0.2) is 25.7 Å². The number of nitrogens with one attached hydrogen (secondary N) is 2. The van der Waals surface area contributed by atoms with E-state index >= 15 is 0 Å². The van der Waals surface area contributed by atoms with Gasteiger partial charge in [0.2, 0.25) is 0 Å². The summed E-state index contributed by atoms with van der Waals surface area (Å²) in [5.74, 6) is -0.190. The Bertz CT molecular complexity index is 984. The van der Waals surface area contributed by atoms with Crippen LogP contribution in [0.15, 0.2) is 54.1 Å². The van der Waals surface area contributed by atoms with Crippen molar-refractivity contribution in [2.24, 2.45) is 0 Å². The normalized spacial score (nSPS) is 16.6. The Labute approximate surface area is 170 Å². The second kappa shape index (κ2) is 8.48. The van der Waals surface area contributed by atoms with E-state index in [0.717, 1.165) is 12.1 Å². The number of alkyl halides is 3. The lowest BCUT2D eigenvalue weighted by atomic mass is 9.91. The molecule has 3 rings (SSSR count). The minimum Gasteiger partial charge on any atom is -0.497 e. The highest BCUT2D eigenvalue weighted by Crippen LogP contribution is 2.35. The molecule has 1 heterocycles. The van der Waals surface area contributed by atoms with Crippen LogP contribution in [0.25, 0.3) is 5.70 Å². The third-order valence-electron chi connectivity index (χ3n) is 4.49. The first-order chi connectivity index (χ1) is 14.2. The number of amides is 2. The molecule has 1 atom stereocenters. The first kappa shape index (κ1) is 21.2. The van der Waals surface area contributed by atoms with E-state index in [1.165, 1.54) is 19.2 Å². The summed E-state index contributed by atoms with van der Waals surface area (Å²) in [6.07, 6.45) is -4.57. The van der Waals surface area contributed by atoms with Crippen LogP contribution in [0.2, 0.25) is 0 Å². The van der Waals surface area contributed by atoms with E-state index < -0.39 is 29.8 Å². The molecule has 2 aromatic rings. The number of ether oxygens (including phenoxy) is 2. The lowest BCUT2D eigenvalue weighted by Crippen LogP contribution is -2.45. The van der Waals surface area contributed by atoms with Gasteiger partial charge in [0.15, 0.2) is 0 Å². The molecule has 0 fully saturated rings. The van der Waals surface area contributed by atoms with Gasteiger partial charge in [0.05, 0.1) is 36.6 Å². The van der Waals surface area contributed by atoms with Crippen LogP contribution in [0, 0.1) is 0 Å². The molecular weight excluding hydrogens is 401 g/mol. The van der Waals surface area contributed by atoms with Gasteiger partial charge in [0.25, 0.3) is 0 Å². The zero-order valence-corrected chi connectivity index (χ0v) is 16.2. The number of rotatable bonds is 5. The highest BCUT2D eigenvalue weighted by molar-refractivity contribution is 6.04. The van der Waals surface area contributed by atoms with Gasteiger partial charge in [-0.2, -0.15) is 13.2 Å². The molecule has 30 heavy (non-hydrogen) atoms. The molecule has 6 nitrogen and oxygen atoms in total. The Balaban J connectivity index is 2.17. The Morgan fingerprint density at radius 3 is 2.43 bits per heavy atom. The average molecular weight is 420 g/mol. The van der Waals surface area contributed by atoms with Gasteiger partial charge >= 0.3 is 18.2 Å². The second-order valence-electron chi connectivity index (χ2n) is 6.39. The summed E-state index contributed by atoms with van der Waals surface area (Å²) in [4.78, 5) is 25.1. The Kier molecular flexibility index (Phi) is 6.00. The van der Waals surface area contributed by atoms with Crippen molar-refractivity contribution in [3.05, 3.63) is 70.8 Å². The predicted octanol–water partition coefficient (Wildman–Crippen LogP) is 4.04. The summed E-state index contributed by atoms with van der Waals surface area (Å²) in [5.41, 5.74) is -0.149. The highest BCUT2D eigenvalue weighted by Gasteiger charge is 2.36. The van der Waals surface area contributed by atoms with E-state index in [9.17, 15) is 22.8 Å². The summed E-state index contributed by atoms with van der Waals surface area (Å²) < 4.78 is 49.8. The van der Waals surface area contributed by atoms with Gasteiger partial charge in [-0.15, -0.1) is 0 Å². The Morgan fingerprint density at radius 1 is 1.13 bits per heavy atom.